The van der Waals surface area contributed by atoms with Crippen molar-refractivity contribution in [2.75, 3.05) is 13.3 Å². The lowest BCUT2D eigenvalue weighted by atomic mass is 10.2. The molecule has 1 aliphatic heterocycles. The minimum Gasteiger partial charge on any atom is -0.454 e. The first-order valence-electron chi connectivity index (χ1n) is 8.48. The second-order valence-corrected chi connectivity index (χ2v) is 6.01. The number of halogens is 1. The van der Waals surface area contributed by atoms with Crippen molar-refractivity contribution in [3.05, 3.63) is 40.7 Å². The van der Waals surface area contributed by atoms with E-state index in [2.05, 4.69) is 34.6 Å². The number of guanidine groups is 1. The Hall–Kier alpha value is -1.97. The Labute approximate surface area is 171 Å². The van der Waals surface area contributed by atoms with Crippen LogP contribution >= 0.6 is 24.0 Å². The zero-order valence-corrected chi connectivity index (χ0v) is 18.0. The van der Waals surface area contributed by atoms with Gasteiger partial charge in [-0.2, -0.15) is 5.10 Å². The quantitative estimate of drug-likeness (QED) is 0.399. The minimum atomic E-state index is 0. The standard InChI is InChI=1S/C18H25N5O2.HI/c1-5-19-18(21-10-15-12(2)22-23(4)13(15)3)20-9-14-6-7-16-17(8-14)25-11-24-16;/h6-8H,5,9-11H2,1-4H3,(H2,19,20,21);1H. The summed E-state index contributed by atoms with van der Waals surface area (Å²) in [7, 11) is 1.96. The Morgan fingerprint density at radius 1 is 1.23 bits per heavy atom. The van der Waals surface area contributed by atoms with Gasteiger partial charge in [0.1, 0.15) is 0 Å². The number of nitrogens with one attached hydrogen (secondary N) is 2. The summed E-state index contributed by atoms with van der Waals surface area (Å²) < 4.78 is 12.7. The van der Waals surface area contributed by atoms with E-state index in [0.29, 0.717) is 13.1 Å². The Balaban J connectivity index is 0.00000243. The van der Waals surface area contributed by atoms with E-state index in [9.17, 15) is 0 Å². The number of ether oxygens (including phenoxy) is 2. The predicted octanol–water partition coefficient (Wildman–Crippen LogP) is 2.64. The zero-order valence-electron chi connectivity index (χ0n) is 15.6. The van der Waals surface area contributed by atoms with Crippen LogP contribution in [0.1, 0.15) is 29.4 Å². The van der Waals surface area contributed by atoms with Crippen LogP contribution in [-0.4, -0.2) is 29.1 Å². The number of hydrogen-bond acceptors (Lipinski definition) is 4. The third-order valence-corrected chi connectivity index (χ3v) is 4.29. The molecule has 2 heterocycles. The molecule has 1 aromatic carbocycles. The maximum atomic E-state index is 5.42. The first kappa shape index (κ1) is 20.3. The highest BCUT2D eigenvalue weighted by Gasteiger charge is 2.13. The highest BCUT2D eigenvalue weighted by atomic mass is 127. The molecule has 8 heteroatoms. The highest BCUT2D eigenvalue weighted by molar-refractivity contribution is 14.0. The summed E-state index contributed by atoms with van der Waals surface area (Å²) in [5.41, 5.74) is 4.49. The summed E-state index contributed by atoms with van der Waals surface area (Å²) in [4.78, 5) is 4.66. The number of rotatable bonds is 5. The van der Waals surface area contributed by atoms with E-state index in [1.54, 1.807) is 0 Å². The molecule has 0 bridgehead atoms. The molecule has 26 heavy (non-hydrogen) atoms. The molecule has 0 atom stereocenters. The molecule has 0 saturated heterocycles. The van der Waals surface area contributed by atoms with Gasteiger partial charge in [0.15, 0.2) is 17.5 Å². The predicted molar refractivity (Wildman–Crippen MR) is 112 cm³/mol. The molecule has 0 amide bonds. The van der Waals surface area contributed by atoms with Crippen LogP contribution in [-0.2, 0) is 20.1 Å². The normalized spacial score (nSPS) is 12.7. The van der Waals surface area contributed by atoms with Crippen LogP contribution in [0.3, 0.4) is 0 Å². The fraction of sp³-hybridized carbons (Fsp3) is 0.444. The summed E-state index contributed by atoms with van der Waals surface area (Å²) >= 11 is 0. The highest BCUT2D eigenvalue weighted by Crippen LogP contribution is 2.32. The Morgan fingerprint density at radius 3 is 2.69 bits per heavy atom. The van der Waals surface area contributed by atoms with Gasteiger partial charge >= 0.3 is 0 Å². The number of hydrogen-bond donors (Lipinski definition) is 2. The second kappa shape index (κ2) is 9.11. The first-order valence-corrected chi connectivity index (χ1v) is 8.48. The Kier molecular flexibility index (Phi) is 7.13. The number of benzene rings is 1. The summed E-state index contributed by atoms with van der Waals surface area (Å²) in [5, 5.41) is 11.1. The summed E-state index contributed by atoms with van der Waals surface area (Å²) in [5.74, 6) is 2.36. The van der Waals surface area contributed by atoms with Gasteiger partial charge < -0.3 is 20.1 Å². The number of aliphatic imine (C=N–C) groups is 1. The van der Waals surface area contributed by atoms with Gasteiger partial charge in [-0.3, -0.25) is 4.68 Å². The molecular weight excluding hydrogens is 445 g/mol. The van der Waals surface area contributed by atoms with Gasteiger partial charge in [-0.1, -0.05) is 6.07 Å². The third kappa shape index (κ3) is 4.60. The fourth-order valence-electron chi connectivity index (χ4n) is 2.80. The fourth-order valence-corrected chi connectivity index (χ4v) is 2.80. The van der Waals surface area contributed by atoms with Gasteiger partial charge in [0.25, 0.3) is 0 Å². The van der Waals surface area contributed by atoms with E-state index in [1.165, 1.54) is 5.56 Å². The second-order valence-electron chi connectivity index (χ2n) is 6.01. The van der Waals surface area contributed by atoms with Crippen LogP contribution in [0.15, 0.2) is 23.2 Å². The molecular formula is C18H26IN5O2. The van der Waals surface area contributed by atoms with Crippen molar-refractivity contribution >= 4 is 29.9 Å². The van der Waals surface area contributed by atoms with Crippen molar-refractivity contribution in [1.82, 2.24) is 20.4 Å². The third-order valence-electron chi connectivity index (χ3n) is 4.29. The van der Waals surface area contributed by atoms with Crippen LogP contribution in [0.25, 0.3) is 0 Å². The van der Waals surface area contributed by atoms with Crippen LogP contribution in [0, 0.1) is 13.8 Å². The monoisotopic (exact) mass is 471 g/mol. The first-order chi connectivity index (χ1) is 12.1. The van der Waals surface area contributed by atoms with Crippen LogP contribution in [0.4, 0.5) is 0 Å². The van der Waals surface area contributed by atoms with Gasteiger partial charge in [-0.05, 0) is 38.5 Å². The van der Waals surface area contributed by atoms with E-state index < -0.39 is 0 Å². The lowest BCUT2D eigenvalue weighted by Crippen LogP contribution is -2.37. The summed E-state index contributed by atoms with van der Waals surface area (Å²) in [6.45, 7) is 8.51. The van der Waals surface area contributed by atoms with Gasteiger partial charge in [0.2, 0.25) is 6.79 Å². The molecule has 142 valence electrons. The largest absolute Gasteiger partial charge is 0.454 e. The molecule has 1 aliphatic rings. The van der Waals surface area contributed by atoms with Crippen LogP contribution in [0.5, 0.6) is 11.5 Å². The SMILES string of the molecule is CCNC(=NCc1ccc2c(c1)OCO2)NCc1c(C)nn(C)c1C.I. The minimum absolute atomic E-state index is 0. The molecule has 1 aromatic heterocycles. The summed E-state index contributed by atoms with van der Waals surface area (Å²) in [6, 6.07) is 5.91. The number of nitrogens with zero attached hydrogens (tertiary/aromatic N) is 3. The van der Waals surface area contributed by atoms with Crippen LogP contribution in [0.2, 0.25) is 0 Å². The molecule has 0 unspecified atom stereocenters. The van der Waals surface area contributed by atoms with E-state index in [0.717, 1.165) is 41.0 Å². The van der Waals surface area contributed by atoms with Gasteiger partial charge in [-0.25, -0.2) is 4.99 Å². The number of aryl methyl sites for hydroxylation is 2. The zero-order chi connectivity index (χ0) is 17.8. The Morgan fingerprint density at radius 2 is 2.00 bits per heavy atom. The maximum absolute atomic E-state index is 5.42. The lowest BCUT2D eigenvalue weighted by molar-refractivity contribution is 0.174. The molecule has 0 fully saturated rings. The summed E-state index contributed by atoms with van der Waals surface area (Å²) in [6.07, 6.45) is 0. The van der Waals surface area contributed by atoms with Crippen molar-refractivity contribution < 1.29 is 9.47 Å². The molecule has 0 radical (unpaired) electrons. The molecule has 0 aliphatic carbocycles. The maximum Gasteiger partial charge on any atom is 0.231 e. The average Bonchev–Trinajstić information content (AvgIpc) is 3.15. The number of fused-ring (bicyclic) bond motifs is 1. The topological polar surface area (TPSA) is 72.7 Å². The van der Waals surface area contributed by atoms with E-state index >= 15 is 0 Å². The Bertz CT molecular complexity index is 788. The molecule has 7 nitrogen and oxygen atoms in total. The van der Waals surface area contributed by atoms with E-state index in [1.807, 2.05) is 36.9 Å². The molecule has 2 N–H and O–H groups in total. The number of aromatic nitrogens is 2. The molecule has 0 spiro atoms. The van der Waals surface area contributed by atoms with Crippen LogP contribution < -0.4 is 20.1 Å². The van der Waals surface area contributed by atoms with Crippen molar-refractivity contribution in [1.29, 1.82) is 0 Å². The average molecular weight is 471 g/mol. The molecule has 0 saturated carbocycles. The lowest BCUT2D eigenvalue weighted by Gasteiger charge is -2.12. The van der Waals surface area contributed by atoms with E-state index in [4.69, 9.17) is 9.47 Å². The molecule has 2 aromatic rings. The smallest absolute Gasteiger partial charge is 0.231 e. The van der Waals surface area contributed by atoms with E-state index in [-0.39, 0.29) is 30.8 Å². The van der Waals surface area contributed by atoms with Crippen molar-refractivity contribution in [2.45, 2.75) is 33.9 Å². The van der Waals surface area contributed by atoms with Crippen molar-refractivity contribution in [2.24, 2.45) is 12.0 Å². The van der Waals surface area contributed by atoms with Gasteiger partial charge in [-0.15, -0.1) is 24.0 Å². The van der Waals surface area contributed by atoms with Gasteiger partial charge in [0.05, 0.1) is 12.2 Å². The van der Waals surface area contributed by atoms with Crippen molar-refractivity contribution in [3.63, 3.8) is 0 Å². The van der Waals surface area contributed by atoms with Gasteiger partial charge in [0, 0.05) is 31.4 Å². The van der Waals surface area contributed by atoms with Crippen molar-refractivity contribution in [3.8, 4) is 11.5 Å². The molecule has 3 rings (SSSR count).